The molecule has 0 saturated heterocycles. The van der Waals surface area contributed by atoms with Crippen LogP contribution in [-0.4, -0.2) is 44.2 Å². The number of aliphatic hydroxyl groups is 2. The third-order valence-electron chi connectivity index (χ3n) is 2.97. The van der Waals surface area contributed by atoms with E-state index in [1.165, 1.54) is 27.4 Å². The van der Waals surface area contributed by atoms with Crippen molar-refractivity contribution >= 4 is 11.6 Å². The minimum absolute atomic E-state index is 0.123. The van der Waals surface area contributed by atoms with Gasteiger partial charge in [0.25, 0.3) is 0 Å². The highest BCUT2D eigenvalue weighted by Gasteiger charge is 2.27. The number of halogens is 1. The van der Waals surface area contributed by atoms with E-state index < -0.39 is 12.1 Å². The molecule has 0 heterocycles. The first-order valence-electron chi connectivity index (χ1n) is 6.04. The summed E-state index contributed by atoms with van der Waals surface area (Å²) in [7, 11) is 4.34. The monoisotopic (exact) mass is 305 g/mol. The van der Waals surface area contributed by atoms with Crippen molar-refractivity contribution in [1.82, 2.24) is 0 Å². The van der Waals surface area contributed by atoms with Gasteiger partial charge < -0.3 is 30.2 Å². The lowest BCUT2D eigenvalue weighted by Crippen LogP contribution is -2.29. The van der Waals surface area contributed by atoms with Crippen LogP contribution in [0, 0.1) is 0 Å². The molecule has 0 bridgehead atoms. The third kappa shape index (κ3) is 3.27. The molecule has 0 fully saturated rings. The van der Waals surface area contributed by atoms with Crippen LogP contribution in [0.3, 0.4) is 0 Å². The molecule has 114 valence electrons. The molecule has 1 rings (SSSR count). The van der Waals surface area contributed by atoms with Crippen molar-refractivity contribution in [1.29, 1.82) is 0 Å². The van der Waals surface area contributed by atoms with Crippen LogP contribution < -0.4 is 19.9 Å². The van der Waals surface area contributed by atoms with E-state index in [-0.39, 0.29) is 23.8 Å². The number of benzene rings is 1. The topological polar surface area (TPSA) is 94.2 Å². The largest absolute Gasteiger partial charge is 0.492 e. The number of hydrogen-bond acceptors (Lipinski definition) is 6. The lowest BCUT2D eigenvalue weighted by Gasteiger charge is -2.23. The molecule has 0 radical (unpaired) electrons. The Bertz CT molecular complexity index is 455. The first kappa shape index (κ1) is 16.8. The molecule has 0 amide bonds. The van der Waals surface area contributed by atoms with Gasteiger partial charge in [-0.2, -0.15) is 0 Å². The SMILES string of the molecule is COc1c(Cl)cc(C(O)C(N)CCO)c(OC)c1OC. The second kappa shape index (κ2) is 7.54. The molecule has 1 aromatic carbocycles. The Morgan fingerprint density at radius 2 is 1.70 bits per heavy atom. The van der Waals surface area contributed by atoms with Crippen LogP contribution in [-0.2, 0) is 0 Å². The van der Waals surface area contributed by atoms with Crippen LogP contribution in [0.4, 0.5) is 0 Å². The second-order valence-electron chi connectivity index (χ2n) is 4.17. The minimum atomic E-state index is -1.05. The lowest BCUT2D eigenvalue weighted by molar-refractivity contribution is 0.125. The van der Waals surface area contributed by atoms with Crippen LogP contribution in [0.5, 0.6) is 17.2 Å². The molecular formula is C13H20ClNO5. The summed E-state index contributed by atoms with van der Waals surface area (Å²) in [4.78, 5) is 0. The molecule has 0 aromatic heterocycles. The summed E-state index contributed by atoms with van der Waals surface area (Å²) in [6.07, 6.45) is -0.801. The number of nitrogens with two attached hydrogens (primary N) is 1. The zero-order chi connectivity index (χ0) is 15.3. The Morgan fingerprint density at radius 3 is 2.15 bits per heavy atom. The van der Waals surface area contributed by atoms with Gasteiger partial charge in [0.15, 0.2) is 11.5 Å². The summed E-state index contributed by atoms with van der Waals surface area (Å²) >= 11 is 6.11. The average Bonchev–Trinajstić information content (AvgIpc) is 2.45. The Balaban J connectivity index is 3.36. The molecule has 20 heavy (non-hydrogen) atoms. The van der Waals surface area contributed by atoms with E-state index in [0.29, 0.717) is 17.1 Å². The smallest absolute Gasteiger partial charge is 0.205 e. The Labute approximate surface area is 123 Å². The van der Waals surface area contributed by atoms with Crippen molar-refractivity contribution in [3.8, 4) is 17.2 Å². The summed E-state index contributed by atoms with van der Waals surface area (Å²) in [5.74, 6) is 0.903. The van der Waals surface area contributed by atoms with Gasteiger partial charge in [0.2, 0.25) is 5.75 Å². The number of methoxy groups -OCH3 is 3. The first-order valence-corrected chi connectivity index (χ1v) is 6.42. The maximum Gasteiger partial charge on any atom is 0.205 e. The highest BCUT2D eigenvalue weighted by molar-refractivity contribution is 6.32. The number of ether oxygens (including phenoxy) is 3. The van der Waals surface area contributed by atoms with Gasteiger partial charge in [-0.3, -0.25) is 0 Å². The number of hydrogen-bond donors (Lipinski definition) is 3. The summed E-state index contributed by atoms with van der Waals surface area (Å²) in [6, 6.07) is 0.868. The van der Waals surface area contributed by atoms with Crippen LogP contribution in [0.2, 0.25) is 5.02 Å². The summed E-state index contributed by atoms with van der Waals surface area (Å²) in [5, 5.41) is 19.4. The van der Waals surface area contributed by atoms with Crippen molar-refractivity contribution in [3.63, 3.8) is 0 Å². The van der Waals surface area contributed by atoms with Crippen LogP contribution in [0.15, 0.2) is 6.07 Å². The maximum absolute atomic E-state index is 10.3. The standard InChI is InChI=1S/C13H20ClNO5/c1-18-11-7(10(17)9(15)4-5-16)6-8(14)12(19-2)13(11)20-3/h6,9-10,16-17H,4-5,15H2,1-3H3. The van der Waals surface area contributed by atoms with E-state index in [2.05, 4.69) is 0 Å². The van der Waals surface area contributed by atoms with E-state index >= 15 is 0 Å². The highest BCUT2D eigenvalue weighted by Crippen LogP contribution is 2.47. The molecule has 6 nitrogen and oxygen atoms in total. The van der Waals surface area contributed by atoms with Crippen LogP contribution in [0.1, 0.15) is 18.1 Å². The lowest BCUT2D eigenvalue weighted by atomic mass is 9.99. The fraction of sp³-hybridized carbons (Fsp3) is 0.538. The molecular weight excluding hydrogens is 286 g/mol. The van der Waals surface area contributed by atoms with Gasteiger partial charge >= 0.3 is 0 Å². The van der Waals surface area contributed by atoms with Gasteiger partial charge in [0.05, 0.1) is 32.5 Å². The third-order valence-corrected chi connectivity index (χ3v) is 3.25. The van der Waals surface area contributed by atoms with Gasteiger partial charge in [-0.25, -0.2) is 0 Å². The molecule has 0 aliphatic carbocycles. The second-order valence-corrected chi connectivity index (χ2v) is 4.58. The fourth-order valence-corrected chi connectivity index (χ4v) is 2.23. The molecule has 2 atom stereocenters. The van der Waals surface area contributed by atoms with Crippen molar-refractivity contribution in [2.24, 2.45) is 5.73 Å². The predicted molar refractivity (Wildman–Crippen MR) is 75.7 cm³/mol. The first-order chi connectivity index (χ1) is 9.51. The predicted octanol–water partition coefficient (Wildman–Crippen LogP) is 1.11. The summed E-state index contributed by atoms with van der Waals surface area (Å²) < 4.78 is 15.7. The Morgan fingerprint density at radius 1 is 1.15 bits per heavy atom. The van der Waals surface area contributed by atoms with Crippen LogP contribution in [0.25, 0.3) is 0 Å². The molecule has 0 spiro atoms. The summed E-state index contributed by atoms with van der Waals surface area (Å²) in [5.41, 5.74) is 6.20. The minimum Gasteiger partial charge on any atom is -0.492 e. The molecule has 0 saturated carbocycles. The maximum atomic E-state index is 10.3. The van der Waals surface area contributed by atoms with Gasteiger partial charge in [0.1, 0.15) is 0 Å². The number of aliphatic hydroxyl groups excluding tert-OH is 2. The average molecular weight is 306 g/mol. The zero-order valence-electron chi connectivity index (χ0n) is 11.7. The van der Waals surface area contributed by atoms with Gasteiger partial charge in [0, 0.05) is 18.2 Å². The van der Waals surface area contributed by atoms with Crippen molar-refractivity contribution in [2.45, 2.75) is 18.6 Å². The zero-order valence-corrected chi connectivity index (χ0v) is 12.5. The quantitative estimate of drug-likeness (QED) is 0.698. The van der Waals surface area contributed by atoms with E-state index in [0.717, 1.165) is 0 Å². The molecule has 1 aromatic rings. The van der Waals surface area contributed by atoms with Crippen molar-refractivity contribution in [3.05, 3.63) is 16.7 Å². The van der Waals surface area contributed by atoms with E-state index in [1.54, 1.807) is 0 Å². The molecule has 7 heteroatoms. The number of rotatable bonds is 7. The Kier molecular flexibility index (Phi) is 6.35. The molecule has 4 N–H and O–H groups in total. The van der Waals surface area contributed by atoms with Gasteiger partial charge in [-0.05, 0) is 12.5 Å². The normalized spacial score (nSPS) is 13.8. The van der Waals surface area contributed by atoms with Crippen molar-refractivity contribution < 1.29 is 24.4 Å². The Hall–Kier alpha value is -1.21. The van der Waals surface area contributed by atoms with E-state index in [9.17, 15) is 5.11 Å². The van der Waals surface area contributed by atoms with E-state index in [4.69, 9.17) is 36.7 Å². The molecule has 0 aliphatic heterocycles. The molecule has 2 unspecified atom stereocenters. The van der Waals surface area contributed by atoms with Crippen molar-refractivity contribution in [2.75, 3.05) is 27.9 Å². The summed E-state index contributed by atoms with van der Waals surface area (Å²) in [6.45, 7) is -0.123. The highest BCUT2D eigenvalue weighted by atomic mass is 35.5. The van der Waals surface area contributed by atoms with E-state index in [1.807, 2.05) is 0 Å². The van der Waals surface area contributed by atoms with Gasteiger partial charge in [-0.15, -0.1) is 0 Å². The van der Waals surface area contributed by atoms with Crippen LogP contribution >= 0.6 is 11.6 Å². The fourth-order valence-electron chi connectivity index (χ4n) is 1.95. The molecule has 0 aliphatic rings. The van der Waals surface area contributed by atoms with Gasteiger partial charge in [-0.1, -0.05) is 11.6 Å².